The molecule has 5 nitrogen and oxygen atoms in total. The number of esters is 1. The van der Waals surface area contributed by atoms with Crippen LogP contribution in [0.1, 0.15) is 20.3 Å². The highest BCUT2D eigenvalue weighted by Crippen LogP contribution is 2.31. The van der Waals surface area contributed by atoms with E-state index in [2.05, 4.69) is 0 Å². The van der Waals surface area contributed by atoms with Gasteiger partial charge in [-0.25, -0.2) is 0 Å². The molecule has 1 saturated heterocycles. The van der Waals surface area contributed by atoms with Gasteiger partial charge < -0.3 is 19.3 Å². The van der Waals surface area contributed by atoms with Crippen molar-refractivity contribution in [3.8, 4) is 0 Å². The molecule has 1 atom stereocenters. The van der Waals surface area contributed by atoms with Gasteiger partial charge in [0.25, 0.3) is 0 Å². The zero-order chi connectivity index (χ0) is 11.3. The molecule has 15 heavy (non-hydrogen) atoms. The lowest BCUT2D eigenvalue weighted by Crippen LogP contribution is -2.43. The van der Waals surface area contributed by atoms with Gasteiger partial charge in [-0.2, -0.15) is 0 Å². The number of aliphatic hydroxyl groups excluding tert-OH is 1. The Morgan fingerprint density at radius 3 is 2.53 bits per heavy atom. The Morgan fingerprint density at radius 1 is 1.53 bits per heavy atom. The summed E-state index contributed by atoms with van der Waals surface area (Å²) < 4.78 is 15.9. The average Bonchev–Trinajstić information content (AvgIpc) is 2.68. The highest BCUT2D eigenvalue weighted by molar-refractivity contribution is 5.65. The van der Waals surface area contributed by atoms with Gasteiger partial charge in [0.1, 0.15) is 6.61 Å². The van der Waals surface area contributed by atoms with E-state index < -0.39 is 5.79 Å². The second-order valence-electron chi connectivity index (χ2n) is 3.54. The molecule has 0 aromatic rings. The summed E-state index contributed by atoms with van der Waals surface area (Å²) in [6.45, 7) is 4.29. The molecule has 1 aliphatic heterocycles. The molecule has 0 bridgehead atoms. The molecule has 5 heteroatoms. The first-order chi connectivity index (χ1) is 7.14. The second kappa shape index (κ2) is 5.44. The van der Waals surface area contributed by atoms with Gasteiger partial charge in [-0.05, 0) is 6.42 Å². The van der Waals surface area contributed by atoms with Crippen molar-refractivity contribution in [3.05, 3.63) is 0 Å². The molecule has 0 spiro atoms. The van der Waals surface area contributed by atoms with Crippen LogP contribution in [-0.4, -0.2) is 43.3 Å². The summed E-state index contributed by atoms with van der Waals surface area (Å²) in [5, 5.41) is 9.24. The molecule has 88 valence electrons. The minimum absolute atomic E-state index is 0.124. The quantitative estimate of drug-likeness (QED) is 0.673. The van der Waals surface area contributed by atoms with Crippen molar-refractivity contribution in [1.29, 1.82) is 0 Å². The second-order valence-corrected chi connectivity index (χ2v) is 3.54. The fourth-order valence-corrected chi connectivity index (χ4v) is 1.74. The maximum absolute atomic E-state index is 10.7. The van der Waals surface area contributed by atoms with Crippen molar-refractivity contribution in [1.82, 2.24) is 0 Å². The highest BCUT2D eigenvalue weighted by atomic mass is 16.7. The van der Waals surface area contributed by atoms with Gasteiger partial charge in [-0.3, -0.25) is 4.79 Å². The van der Waals surface area contributed by atoms with Gasteiger partial charge in [0, 0.05) is 6.92 Å². The van der Waals surface area contributed by atoms with Gasteiger partial charge in [0.15, 0.2) is 5.79 Å². The van der Waals surface area contributed by atoms with E-state index in [1.54, 1.807) is 0 Å². The summed E-state index contributed by atoms with van der Waals surface area (Å²) in [5.74, 6) is -1.48. The minimum atomic E-state index is -0.787. The Labute approximate surface area is 89.3 Å². The number of carbonyl (C=O) groups excluding carboxylic acids is 1. The van der Waals surface area contributed by atoms with Crippen LogP contribution in [0.15, 0.2) is 0 Å². The fraction of sp³-hybridized carbons (Fsp3) is 0.900. The Hall–Kier alpha value is -0.650. The van der Waals surface area contributed by atoms with Crippen LogP contribution in [0.3, 0.4) is 0 Å². The molecule has 0 aromatic heterocycles. The van der Waals surface area contributed by atoms with E-state index in [0.29, 0.717) is 19.6 Å². The number of carbonyl (C=O) groups is 1. The van der Waals surface area contributed by atoms with E-state index in [-0.39, 0.29) is 25.1 Å². The van der Waals surface area contributed by atoms with Crippen LogP contribution in [-0.2, 0) is 19.0 Å². The Balaban J connectivity index is 2.57. The van der Waals surface area contributed by atoms with E-state index in [1.807, 2.05) is 6.92 Å². The molecule has 0 radical (unpaired) electrons. The lowest BCUT2D eigenvalue weighted by atomic mass is 9.98. The van der Waals surface area contributed by atoms with Crippen molar-refractivity contribution in [2.75, 3.05) is 26.4 Å². The molecule has 0 aromatic carbocycles. The summed E-state index contributed by atoms with van der Waals surface area (Å²) in [7, 11) is 0. The lowest BCUT2D eigenvalue weighted by Gasteiger charge is -2.33. The fourth-order valence-electron chi connectivity index (χ4n) is 1.74. The third kappa shape index (κ3) is 2.90. The number of ether oxygens (including phenoxy) is 3. The maximum atomic E-state index is 10.7. The highest BCUT2D eigenvalue weighted by Gasteiger charge is 2.43. The van der Waals surface area contributed by atoms with Crippen LogP contribution in [0.25, 0.3) is 0 Å². The summed E-state index contributed by atoms with van der Waals surface area (Å²) in [5.41, 5.74) is 0. The molecule has 1 rings (SSSR count). The molecule has 1 N–H and O–H groups in total. The monoisotopic (exact) mass is 218 g/mol. The predicted octanol–water partition coefficient (Wildman–Crippen LogP) is 0.311. The summed E-state index contributed by atoms with van der Waals surface area (Å²) in [6, 6.07) is 0. The number of rotatable bonds is 5. The van der Waals surface area contributed by atoms with Crippen LogP contribution in [0.5, 0.6) is 0 Å². The standard InChI is InChI=1S/C10H18O5/c1-3-10(14-4-5-15-10)9(6-11)7-13-8(2)12/h9,11H,3-7H2,1-2H3/t9-/m0/s1. The smallest absolute Gasteiger partial charge is 0.302 e. The van der Waals surface area contributed by atoms with E-state index in [9.17, 15) is 9.90 Å². The predicted molar refractivity (Wildman–Crippen MR) is 52.1 cm³/mol. The van der Waals surface area contributed by atoms with Crippen molar-refractivity contribution in [3.63, 3.8) is 0 Å². The normalized spacial score (nSPS) is 21.3. The van der Waals surface area contributed by atoms with Crippen molar-refractivity contribution < 1.29 is 24.1 Å². The third-order valence-corrected chi connectivity index (χ3v) is 2.60. The van der Waals surface area contributed by atoms with E-state index >= 15 is 0 Å². The zero-order valence-electron chi connectivity index (χ0n) is 9.19. The van der Waals surface area contributed by atoms with Gasteiger partial charge >= 0.3 is 5.97 Å². The maximum Gasteiger partial charge on any atom is 0.302 e. The first-order valence-electron chi connectivity index (χ1n) is 5.16. The average molecular weight is 218 g/mol. The zero-order valence-corrected chi connectivity index (χ0v) is 9.19. The number of hydrogen-bond acceptors (Lipinski definition) is 5. The van der Waals surface area contributed by atoms with E-state index in [1.165, 1.54) is 6.92 Å². The Morgan fingerprint density at radius 2 is 2.13 bits per heavy atom. The van der Waals surface area contributed by atoms with E-state index in [0.717, 1.165) is 0 Å². The van der Waals surface area contributed by atoms with E-state index in [4.69, 9.17) is 14.2 Å². The molecule has 0 amide bonds. The number of hydrogen-bond donors (Lipinski definition) is 1. The molecule has 0 saturated carbocycles. The van der Waals surface area contributed by atoms with Crippen LogP contribution in [0, 0.1) is 5.92 Å². The Bertz CT molecular complexity index is 210. The van der Waals surface area contributed by atoms with Crippen LogP contribution in [0.2, 0.25) is 0 Å². The molecule has 1 heterocycles. The number of aliphatic hydroxyl groups is 1. The van der Waals surface area contributed by atoms with Crippen LogP contribution < -0.4 is 0 Å². The minimum Gasteiger partial charge on any atom is -0.465 e. The lowest BCUT2D eigenvalue weighted by molar-refractivity contribution is -0.215. The van der Waals surface area contributed by atoms with Crippen LogP contribution >= 0.6 is 0 Å². The molecule has 0 unspecified atom stereocenters. The third-order valence-electron chi connectivity index (χ3n) is 2.60. The molecule has 0 aliphatic carbocycles. The summed E-state index contributed by atoms with van der Waals surface area (Å²) in [6.07, 6.45) is 0.624. The molecular weight excluding hydrogens is 200 g/mol. The van der Waals surface area contributed by atoms with Crippen LogP contribution in [0.4, 0.5) is 0 Å². The summed E-state index contributed by atoms with van der Waals surface area (Å²) in [4.78, 5) is 10.7. The van der Waals surface area contributed by atoms with Gasteiger partial charge in [0.2, 0.25) is 0 Å². The van der Waals surface area contributed by atoms with Gasteiger partial charge in [-0.15, -0.1) is 0 Å². The first-order valence-corrected chi connectivity index (χ1v) is 5.16. The molecular formula is C10H18O5. The SMILES string of the molecule is CCC1([C@@H](CO)COC(C)=O)OCCO1. The Kier molecular flexibility index (Phi) is 4.50. The van der Waals surface area contributed by atoms with Crippen molar-refractivity contribution in [2.24, 2.45) is 5.92 Å². The largest absolute Gasteiger partial charge is 0.465 e. The summed E-state index contributed by atoms with van der Waals surface area (Å²) >= 11 is 0. The molecule has 1 fully saturated rings. The van der Waals surface area contributed by atoms with Crippen molar-refractivity contribution >= 4 is 5.97 Å². The van der Waals surface area contributed by atoms with Gasteiger partial charge in [0.05, 0.1) is 25.7 Å². The van der Waals surface area contributed by atoms with Crippen molar-refractivity contribution in [2.45, 2.75) is 26.1 Å². The van der Waals surface area contributed by atoms with Gasteiger partial charge in [-0.1, -0.05) is 6.92 Å². The molecule has 1 aliphatic rings. The first kappa shape index (κ1) is 12.4. The topological polar surface area (TPSA) is 65.0 Å².